The first-order chi connectivity index (χ1) is 16.0. The van der Waals surface area contributed by atoms with Crippen LogP contribution in [0.25, 0.3) is 5.70 Å². The molecular weight excluding hydrogens is 424 g/mol. The van der Waals surface area contributed by atoms with Gasteiger partial charge in [-0.3, -0.25) is 0 Å². The van der Waals surface area contributed by atoms with Gasteiger partial charge < -0.3 is 16.0 Å². The topological polar surface area (TPSA) is 54.2 Å². The molecule has 1 saturated heterocycles. The van der Waals surface area contributed by atoms with Crippen LogP contribution in [0.2, 0.25) is 0 Å². The van der Waals surface area contributed by atoms with E-state index in [4.69, 9.17) is 10.7 Å². The van der Waals surface area contributed by atoms with Crippen molar-refractivity contribution in [2.24, 2.45) is 5.41 Å². The molecule has 0 atom stereocenters. The summed E-state index contributed by atoms with van der Waals surface area (Å²) in [6, 6.07) is 12.3. The highest BCUT2D eigenvalue weighted by Gasteiger charge is 2.44. The molecule has 1 spiro atoms. The lowest BCUT2D eigenvalue weighted by atomic mass is 9.93. The predicted octanol–water partition coefficient (Wildman–Crippen LogP) is 7.48. The van der Waals surface area contributed by atoms with Gasteiger partial charge in [-0.25, -0.2) is 4.98 Å². The molecule has 33 heavy (non-hydrogen) atoms. The van der Waals surface area contributed by atoms with E-state index in [0.29, 0.717) is 5.41 Å². The molecule has 0 radical (unpaired) electrons. The lowest BCUT2D eigenvalue weighted by Crippen LogP contribution is -2.35. The van der Waals surface area contributed by atoms with Crippen LogP contribution < -0.4 is 16.0 Å². The average Bonchev–Trinajstić information content (AvgIpc) is 3.59. The van der Waals surface area contributed by atoms with Crippen molar-refractivity contribution in [3.05, 3.63) is 54.2 Å². The molecular formula is C28H44N4S. The molecule has 2 aromatic rings. The van der Waals surface area contributed by atoms with Crippen LogP contribution in [0.5, 0.6) is 0 Å². The number of unbranched alkanes of at least 4 members (excludes halogenated alkanes) is 1. The van der Waals surface area contributed by atoms with Crippen molar-refractivity contribution < 1.29 is 0 Å². The van der Waals surface area contributed by atoms with Gasteiger partial charge in [-0.2, -0.15) is 11.8 Å². The zero-order valence-corrected chi connectivity index (χ0v) is 22.2. The Morgan fingerprint density at radius 2 is 1.79 bits per heavy atom. The maximum atomic E-state index is 6.13. The van der Waals surface area contributed by atoms with Crippen molar-refractivity contribution in [1.82, 2.24) is 4.98 Å². The number of nitrogens with two attached hydrogens (primary N) is 1. The number of thioether (sulfide) groups is 1. The fourth-order valence-corrected chi connectivity index (χ4v) is 4.23. The Morgan fingerprint density at radius 3 is 2.39 bits per heavy atom. The van der Waals surface area contributed by atoms with E-state index in [2.05, 4.69) is 48.0 Å². The molecule has 2 fully saturated rings. The van der Waals surface area contributed by atoms with Gasteiger partial charge >= 0.3 is 0 Å². The highest BCUT2D eigenvalue weighted by atomic mass is 32.2. The predicted molar refractivity (Wildman–Crippen MR) is 150 cm³/mol. The van der Waals surface area contributed by atoms with Crippen LogP contribution >= 0.6 is 11.8 Å². The fraction of sp³-hybridized carbons (Fsp3) is 0.536. The number of aryl methyl sites for hydroxylation is 1. The molecule has 1 aromatic carbocycles. The van der Waals surface area contributed by atoms with Gasteiger partial charge in [-0.15, -0.1) is 0 Å². The Balaban J connectivity index is 0.000000714. The number of benzene rings is 1. The smallest absolute Gasteiger partial charge is 0.130 e. The first kappa shape index (κ1) is 27.1. The van der Waals surface area contributed by atoms with Crippen LogP contribution in [0, 0.1) is 5.41 Å². The van der Waals surface area contributed by atoms with E-state index in [1.165, 1.54) is 37.8 Å². The number of hydrogen-bond donors (Lipinski definition) is 2. The summed E-state index contributed by atoms with van der Waals surface area (Å²) < 4.78 is 0. The molecule has 1 saturated carbocycles. The third kappa shape index (κ3) is 7.99. The number of nitrogens with zero attached hydrogens (tertiary/aromatic N) is 2. The number of aromatic nitrogens is 1. The highest BCUT2D eigenvalue weighted by Crippen LogP contribution is 2.54. The van der Waals surface area contributed by atoms with Crippen molar-refractivity contribution in [3.63, 3.8) is 0 Å². The Morgan fingerprint density at radius 1 is 1.12 bits per heavy atom. The Hall–Kier alpha value is -2.14. The zero-order valence-electron chi connectivity index (χ0n) is 21.4. The summed E-state index contributed by atoms with van der Waals surface area (Å²) in [4.78, 5) is 7.23. The molecule has 0 bridgehead atoms. The van der Waals surface area contributed by atoms with E-state index in [9.17, 15) is 0 Å². The van der Waals surface area contributed by atoms with Crippen molar-refractivity contribution in [2.75, 3.05) is 41.6 Å². The van der Waals surface area contributed by atoms with E-state index in [0.717, 1.165) is 54.4 Å². The van der Waals surface area contributed by atoms with Crippen LogP contribution in [-0.4, -0.2) is 30.6 Å². The molecule has 1 aromatic heterocycles. The summed E-state index contributed by atoms with van der Waals surface area (Å²) in [5.41, 5.74) is 11.9. The summed E-state index contributed by atoms with van der Waals surface area (Å²) in [6.07, 6.45) is 12.9. The van der Waals surface area contributed by atoms with E-state index >= 15 is 0 Å². The molecule has 2 aliphatic rings. The molecule has 1 aliphatic heterocycles. The molecule has 2 heterocycles. The SMILES string of the molecule is C=C(Nc1cccc(CCCC)n1)c1ccc(N)cc1N1CCC2(CC1)CC2.CC.CSC. The van der Waals surface area contributed by atoms with Gasteiger partial charge in [0, 0.05) is 41.4 Å². The average molecular weight is 469 g/mol. The minimum atomic E-state index is 0.662. The van der Waals surface area contributed by atoms with Gasteiger partial charge in [-0.1, -0.05) is 39.8 Å². The van der Waals surface area contributed by atoms with E-state index < -0.39 is 0 Å². The van der Waals surface area contributed by atoms with Crippen LogP contribution in [-0.2, 0) is 6.42 Å². The van der Waals surface area contributed by atoms with Gasteiger partial charge in [-0.05, 0) is 86.8 Å². The second kappa shape index (κ2) is 13.5. The standard InChI is InChI=1S/C24H32N4.C2H6S.C2H6/c1-3-4-6-20-7-5-8-23(27-20)26-18(2)21-10-9-19(25)17-22(21)28-15-13-24(11-12-24)14-16-28;1-3-2;1-2/h5,7-10,17H,2-4,6,11-16,25H2,1H3,(H,26,27);1-2H3;1-2H3. The van der Waals surface area contributed by atoms with Gasteiger partial charge in [0.15, 0.2) is 0 Å². The molecule has 3 N–H and O–H groups in total. The monoisotopic (exact) mass is 468 g/mol. The summed E-state index contributed by atoms with van der Waals surface area (Å²) in [6.45, 7) is 12.7. The summed E-state index contributed by atoms with van der Waals surface area (Å²) >= 11 is 1.75. The number of piperidine rings is 1. The number of anilines is 3. The lowest BCUT2D eigenvalue weighted by molar-refractivity contribution is 0.384. The van der Waals surface area contributed by atoms with Crippen LogP contribution in [0.15, 0.2) is 43.0 Å². The maximum Gasteiger partial charge on any atom is 0.130 e. The molecule has 1 aliphatic carbocycles. The first-order valence-corrected chi connectivity index (χ1v) is 14.1. The number of hydrogen-bond acceptors (Lipinski definition) is 5. The quantitative estimate of drug-likeness (QED) is 0.413. The highest BCUT2D eigenvalue weighted by molar-refractivity contribution is 7.97. The van der Waals surface area contributed by atoms with Crippen LogP contribution in [0.1, 0.15) is 70.6 Å². The Labute approximate surface area is 206 Å². The third-order valence-electron chi connectivity index (χ3n) is 6.34. The summed E-state index contributed by atoms with van der Waals surface area (Å²) in [7, 11) is 0. The number of nitrogens with one attached hydrogen (secondary N) is 1. The lowest BCUT2D eigenvalue weighted by Gasteiger charge is -2.35. The van der Waals surface area contributed by atoms with Gasteiger partial charge in [0.25, 0.3) is 0 Å². The van der Waals surface area contributed by atoms with Gasteiger partial charge in [0.2, 0.25) is 0 Å². The van der Waals surface area contributed by atoms with Crippen molar-refractivity contribution in [2.45, 2.75) is 65.7 Å². The first-order valence-electron chi connectivity index (χ1n) is 12.5. The third-order valence-corrected chi connectivity index (χ3v) is 6.34. The van der Waals surface area contributed by atoms with E-state index in [-0.39, 0.29) is 0 Å². The minimum absolute atomic E-state index is 0.662. The second-order valence-corrected chi connectivity index (χ2v) is 9.71. The Kier molecular flexibility index (Phi) is 11.1. The van der Waals surface area contributed by atoms with Crippen molar-refractivity contribution in [1.29, 1.82) is 0 Å². The van der Waals surface area contributed by atoms with E-state index in [1.807, 2.05) is 38.5 Å². The molecule has 0 unspecified atom stereocenters. The minimum Gasteiger partial charge on any atom is -0.399 e. The number of rotatable bonds is 7. The summed E-state index contributed by atoms with van der Waals surface area (Å²) in [5.74, 6) is 0.858. The molecule has 4 rings (SSSR count). The van der Waals surface area contributed by atoms with E-state index in [1.54, 1.807) is 11.8 Å². The largest absolute Gasteiger partial charge is 0.399 e. The van der Waals surface area contributed by atoms with Gasteiger partial charge in [0.05, 0.1) is 0 Å². The molecule has 5 heteroatoms. The van der Waals surface area contributed by atoms with Crippen LogP contribution in [0.4, 0.5) is 17.2 Å². The van der Waals surface area contributed by atoms with Crippen molar-refractivity contribution >= 4 is 34.7 Å². The summed E-state index contributed by atoms with van der Waals surface area (Å²) in [5, 5.41) is 3.43. The molecule has 0 amide bonds. The fourth-order valence-electron chi connectivity index (χ4n) is 4.23. The molecule has 4 nitrogen and oxygen atoms in total. The second-order valence-electron chi connectivity index (χ2n) is 8.89. The van der Waals surface area contributed by atoms with Crippen molar-refractivity contribution in [3.8, 4) is 0 Å². The normalized spacial score (nSPS) is 15.6. The molecule has 182 valence electrons. The number of nitrogen functional groups attached to an aromatic ring is 1. The van der Waals surface area contributed by atoms with Gasteiger partial charge in [0.1, 0.15) is 5.82 Å². The maximum absolute atomic E-state index is 6.13. The Bertz CT molecular complexity index is 866. The van der Waals surface area contributed by atoms with Crippen LogP contribution in [0.3, 0.4) is 0 Å². The number of pyridine rings is 1. The zero-order chi connectivity index (χ0) is 24.3.